The zero-order chi connectivity index (χ0) is 11.3. The van der Waals surface area contributed by atoms with Crippen LogP contribution >= 0.6 is 0 Å². The number of nitrogens with one attached hydrogen (secondary N) is 2. The Morgan fingerprint density at radius 3 is 3.13 bits per heavy atom. The molecule has 1 atom stereocenters. The van der Waals surface area contributed by atoms with E-state index in [0.29, 0.717) is 13.0 Å². The van der Waals surface area contributed by atoms with Crippen molar-refractivity contribution in [1.82, 2.24) is 15.5 Å². The van der Waals surface area contributed by atoms with E-state index in [9.17, 15) is 4.79 Å². The zero-order valence-electron chi connectivity index (χ0n) is 8.79. The fraction of sp³-hybridized carbons (Fsp3) is 0.400. The van der Waals surface area contributed by atoms with Crippen molar-refractivity contribution in [3.63, 3.8) is 0 Å². The van der Waals surface area contributed by atoms with Crippen LogP contribution in [0.2, 0.25) is 0 Å². The van der Waals surface area contributed by atoms with Crippen molar-refractivity contribution >= 4 is 5.91 Å². The number of aryl methyl sites for hydroxylation is 1. The summed E-state index contributed by atoms with van der Waals surface area (Å²) in [5, 5.41) is 9.39. The van der Waals surface area contributed by atoms with E-state index in [4.69, 9.17) is 5.73 Å². The maximum atomic E-state index is 11.4. The quantitative estimate of drug-likeness (QED) is 0.606. The second kappa shape index (κ2) is 5.31. The van der Waals surface area contributed by atoms with Gasteiger partial charge >= 0.3 is 0 Å². The highest BCUT2D eigenvalue weighted by Gasteiger charge is 2.11. The third-order valence-electron chi connectivity index (χ3n) is 2.14. The number of hydrogen-bond donors (Lipinski definition) is 3. The number of H-pyrrole nitrogens is 1. The highest BCUT2D eigenvalue weighted by atomic mass is 16.2. The summed E-state index contributed by atoms with van der Waals surface area (Å²) in [5.74, 6) is -0.171. The molecule has 15 heavy (non-hydrogen) atoms. The molecule has 0 fully saturated rings. The Hall–Kier alpha value is -1.62. The standard InChI is InChI=1S/C10H16N4O/c1-3-4-9(11)10(15)12-5-8-6-13-14-7(8)2/h3,6,9H,1,4-5,11H2,2H3,(H,12,15)(H,13,14). The number of nitrogens with zero attached hydrogens (tertiary/aromatic N) is 1. The number of nitrogens with two attached hydrogens (primary N) is 1. The van der Waals surface area contributed by atoms with Crippen molar-refractivity contribution < 1.29 is 4.79 Å². The monoisotopic (exact) mass is 208 g/mol. The van der Waals surface area contributed by atoms with Crippen LogP contribution in [-0.4, -0.2) is 22.1 Å². The minimum atomic E-state index is -0.519. The van der Waals surface area contributed by atoms with Gasteiger partial charge in [0, 0.05) is 17.8 Å². The number of carbonyl (C=O) groups is 1. The largest absolute Gasteiger partial charge is 0.351 e. The van der Waals surface area contributed by atoms with Gasteiger partial charge in [-0.1, -0.05) is 6.08 Å². The first-order valence-corrected chi connectivity index (χ1v) is 4.78. The van der Waals surface area contributed by atoms with Gasteiger partial charge in [-0.25, -0.2) is 0 Å². The minimum absolute atomic E-state index is 0.171. The maximum absolute atomic E-state index is 11.4. The molecule has 0 aliphatic rings. The predicted molar refractivity (Wildman–Crippen MR) is 58.0 cm³/mol. The van der Waals surface area contributed by atoms with Gasteiger partial charge in [0.15, 0.2) is 0 Å². The van der Waals surface area contributed by atoms with Crippen LogP contribution in [0.5, 0.6) is 0 Å². The Bertz CT molecular complexity index is 345. The Kier molecular flexibility index (Phi) is 4.05. The highest BCUT2D eigenvalue weighted by Crippen LogP contribution is 2.01. The number of amides is 1. The van der Waals surface area contributed by atoms with E-state index in [-0.39, 0.29) is 5.91 Å². The van der Waals surface area contributed by atoms with Crippen LogP contribution in [0, 0.1) is 6.92 Å². The lowest BCUT2D eigenvalue weighted by atomic mass is 10.2. The Labute approximate surface area is 88.7 Å². The predicted octanol–water partition coefficient (Wildman–Crippen LogP) is 0.238. The Morgan fingerprint density at radius 2 is 2.60 bits per heavy atom. The van der Waals surface area contributed by atoms with Crippen LogP contribution in [0.25, 0.3) is 0 Å². The average molecular weight is 208 g/mol. The molecule has 0 aliphatic heterocycles. The van der Waals surface area contributed by atoms with Crippen LogP contribution in [0.1, 0.15) is 17.7 Å². The summed E-state index contributed by atoms with van der Waals surface area (Å²) in [6.07, 6.45) is 3.80. The van der Waals surface area contributed by atoms with Crippen molar-refractivity contribution in [2.24, 2.45) is 5.73 Å². The van der Waals surface area contributed by atoms with Crippen LogP contribution in [0.4, 0.5) is 0 Å². The molecule has 1 aromatic heterocycles. The summed E-state index contributed by atoms with van der Waals surface area (Å²) < 4.78 is 0. The molecule has 1 aromatic rings. The lowest BCUT2D eigenvalue weighted by molar-refractivity contribution is -0.122. The summed E-state index contributed by atoms with van der Waals surface area (Å²) in [6, 6.07) is -0.519. The molecule has 0 saturated carbocycles. The third-order valence-corrected chi connectivity index (χ3v) is 2.14. The highest BCUT2D eigenvalue weighted by molar-refractivity contribution is 5.81. The Balaban J connectivity index is 2.40. The molecule has 1 amide bonds. The number of hydrogen-bond acceptors (Lipinski definition) is 3. The van der Waals surface area contributed by atoms with E-state index in [1.165, 1.54) is 0 Å². The first-order valence-electron chi connectivity index (χ1n) is 4.78. The van der Waals surface area contributed by atoms with E-state index in [2.05, 4.69) is 22.1 Å². The third kappa shape index (κ3) is 3.21. The van der Waals surface area contributed by atoms with Crippen LogP contribution in [0.15, 0.2) is 18.9 Å². The van der Waals surface area contributed by atoms with Gasteiger partial charge < -0.3 is 11.1 Å². The molecule has 0 aromatic carbocycles. The molecule has 82 valence electrons. The van der Waals surface area contributed by atoms with E-state index in [0.717, 1.165) is 11.3 Å². The van der Waals surface area contributed by atoms with Gasteiger partial charge in [-0.15, -0.1) is 6.58 Å². The van der Waals surface area contributed by atoms with E-state index in [1.54, 1.807) is 12.3 Å². The second-order valence-corrected chi connectivity index (χ2v) is 3.37. The minimum Gasteiger partial charge on any atom is -0.351 e. The van der Waals surface area contributed by atoms with Crippen molar-refractivity contribution in [1.29, 1.82) is 0 Å². The number of aromatic amines is 1. The molecule has 5 heteroatoms. The molecule has 0 saturated heterocycles. The topological polar surface area (TPSA) is 83.8 Å². The average Bonchev–Trinajstić information content (AvgIpc) is 2.61. The fourth-order valence-electron chi connectivity index (χ4n) is 1.15. The van der Waals surface area contributed by atoms with Crippen molar-refractivity contribution in [2.45, 2.75) is 25.9 Å². The van der Waals surface area contributed by atoms with Gasteiger partial charge in [-0.3, -0.25) is 9.89 Å². The zero-order valence-corrected chi connectivity index (χ0v) is 8.79. The molecule has 5 nitrogen and oxygen atoms in total. The summed E-state index contributed by atoms with van der Waals surface area (Å²) in [6.45, 7) is 5.88. The number of aromatic nitrogens is 2. The SMILES string of the molecule is C=CCC(N)C(=O)NCc1cn[nH]c1C. The van der Waals surface area contributed by atoms with Crippen LogP contribution < -0.4 is 11.1 Å². The molecule has 0 spiro atoms. The molecular weight excluding hydrogens is 192 g/mol. The summed E-state index contributed by atoms with van der Waals surface area (Å²) in [7, 11) is 0. The molecule has 1 rings (SSSR count). The first-order chi connectivity index (χ1) is 7.15. The van der Waals surface area contributed by atoms with Crippen molar-refractivity contribution in [3.8, 4) is 0 Å². The second-order valence-electron chi connectivity index (χ2n) is 3.37. The van der Waals surface area contributed by atoms with Crippen LogP contribution in [0.3, 0.4) is 0 Å². The normalized spacial score (nSPS) is 12.1. The van der Waals surface area contributed by atoms with Gasteiger partial charge in [0.2, 0.25) is 5.91 Å². The van der Waals surface area contributed by atoms with Gasteiger partial charge in [-0.2, -0.15) is 5.10 Å². The van der Waals surface area contributed by atoms with Crippen LogP contribution in [-0.2, 0) is 11.3 Å². The van der Waals surface area contributed by atoms with Gasteiger partial charge in [0.25, 0.3) is 0 Å². The van der Waals surface area contributed by atoms with Gasteiger partial charge in [0.05, 0.1) is 12.2 Å². The molecule has 1 heterocycles. The fourth-order valence-corrected chi connectivity index (χ4v) is 1.15. The maximum Gasteiger partial charge on any atom is 0.237 e. The lowest BCUT2D eigenvalue weighted by Gasteiger charge is -2.09. The summed E-state index contributed by atoms with van der Waals surface area (Å²) in [5.41, 5.74) is 7.52. The van der Waals surface area contributed by atoms with Gasteiger partial charge in [-0.05, 0) is 13.3 Å². The first kappa shape index (κ1) is 11.5. The molecule has 0 aliphatic carbocycles. The van der Waals surface area contributed by atoms with Crippen molar-refractivity contribution in [2.75, 3.05) is 0 Å². The lowest BCUT2D eigenvalue weighted by Crippen LogP contribution is -2.39. The number of carbonyl (C=O) groups excluding carboxylic acids is 1. The Morgan fingerprint density at radius 1 is 1.87 bits per heavy atom. The van der Waals surface area contributed by atoms with Crippen molar-refractivity contribution in [3.05, 3.63) is 30.1 Å². The summed E-state index contributed by atoms with van der Waals surface area (Å²) in [4.78, 5) is 11.4. The van der Waals surface area contributed by atoms with E-state index >= 15 is 0 Å². The van der Waals surface area contributed by atoms with E-state index in [1.807, 2.05) is 6.92 Å². The molecule has 1 unspecified atom stereocenters. The molecule has 4 N–H and O–H groups in total. The summed E-state index contributed by atoms with van der Waals surface area (Å²) >= 11 is 0. The molecular formula is C10H16N4O. The van der Waals surface area contributed by atoms with Gasteiger partial charge in [0.1, 0.15) is 0 Å². The molecule has 0 radical (unpaired) electrons. The smallest absolute Gasteiger partial charge is 0.237 e. The van der Waals surface area contributed by atoms with E-state index < -0.39 is 6.04 Å². The number of rotatable bonds is 5. The molecule has 0 bridgehead atoms.